The topological polar surface area (TPSA) is 33.7 Å². The lowest BCUT2D eigenvalue weighted by atomic mass is 10.0. The first-order valence-corrected chi connectivity index (χ1v) is 7.85. The van der Waals surface area contributed by atoms with E-state index in [2.05, 4.69) is 24.1 Å². The second-order valence-electron chi connectivity index (χ2n) is 5.41. The Hall–Kier alpha value is -0.160. The highest BCUT2D eigenvalue weighted by atomic mass is 16.5. The van der Waals surface area contributed by atoms with Crippen molar-refractivity contribution in [2.24, 2.45) is 0 Å². The third-order valence-corrected chi connectivity index (χ3v) is 3.89. The van der Waals surface area contributed by atoms with Crippen molar-refractivity contribution in [3.63, 3.8) is 0 Å². The van der Waals surface area contributed by atoms with E-state index in [9.17, 15) is 0 Å². The number of ether oxygens (including phenoxy) is 2. The minimum Gasteiger partial charge on any atom is -0.382 e. The predicted octanol–water partition coefficient (Wildman–Crippen LogP) is 1.89. The van der Waals surface area contributed by atoms with E-state index in [0.717, 1.165) is 26.1 Å². The van der Waals surface area contributed by atoms with Gasteiger partial charge in [-0.05, 0) is 19.3 Å². The molecular weight excluding hydrogens is 240 g/mol. The fourth-order valence-electron chi connectivity index (χ4n) is 2.71. The Morgan fingerprint density at radius 1 is 1.21 bits per heavy atom. The van der Waals surface area contributed by atoms with E-state index in [1.165, 1.54) is 25.8 Å². The number of piperazine rings is 1. The number of nitrogens with zero attached hydrogens (tertiary/aromatic N) is 1. The van der Waals surface area contributed by atoms with Gasteiger partial charge in [0.2, 0.25) is 0 Å². The number of methoxy groups -OCH3 is 1. The molecule has 1 saturated heterocycles. The maximum Gasteiger partial charge on any atom is 0.0700 e. The van der Waals surface area contributed by atoms with Crippen LogP contribution in [0.2, 0.25) is 0 Å². The summed E-state index contributed by atoms with van der Waals surface area (Å²) in [6.45, 7) is 10.3. The SMILES string of the molecule is CCCC1CNC(CC)CN1CCCOCCOC. The Kier molecular flexibility index (Phi) is 9.43. The normalized spacial score (nSPS) is 24.8. The molecule has 0 aromatic rings. The summed E-state index contributed by atoms with van der Waals surface area (Å²) >= 11 is 0. The van der Waals surface area contributed by atoms with Gasteiger partial charge in [-0.25, -0.2) is 0 Å². The summed E-state index contributed by atoms with van der Waals surface area (Å²) < 4.78 is 10.5. The molecule has 4 heteroatoms. The largest absolute Gasteiger partial charge is 0.382 e. The monoisotopic (exact) mass is 272 g/mol. The molecule has 0 saturated carbocycles. The average Bonchev–Trinajstić information content (AvgIpc) is 2.44. The fraction of sp³-hybridized carbons (Fsp3) is 1.00. The summed E-state index contributed by atoms with van der Waals surface area (Å²) in [4.78, 5) is 2.66. The minimum atomic E-state index is 0.669. The summed E-state index contributed by atoms with van der Waals surface area (Å²) in [5.41, 5.74) is 0. The summed E-state index contributed by atoms with van der Waals surface area (Å²) in [5.74, 6) is 0. The highest BCUT2D eigenvalue weighted by Gasteiger charge is 2.25. The zero-order chi connectivity index (χ0) is 13.9. The molecule has 0 spiro atoms. The molecular formula is C15H32N2O2. The number of hydrogen-bond acceptors (Lipinski definition) is 4. The molecule has 0 radical (unpaired) electrons. The smallest absolute Gasteiger partial charge is 0.0700 e. The van der Waals surface area contributed by atoms with Crippen molar-refractivity contribution in [1.29, 1.82) is 0 Å². The molecule has 1 N–H and O–H groups in total. The molecule has 0 aromatic carbocycles. The van der Waals surface area contributed by atoms with E-state index in [1.54, 1.807) is 7.11 Å². The van der Waals surface area contributed by atoms with Crippen LogP contribution in [0.25, 0.3) is 0 Å². The molecule has 0 amide bonds. The van der Waals surface area contributed by atoms with E-state index in [4.69, 9.17) is 9.47 Å². The summed E-state index contributed by atoms with van der Waals surface area (Å²) in [7, 11) is 1.71. The van der Waals surface area contributed by atoms with Crippen LogP contribution in [0.1, 0.15) is 39.5 Å². The molecule has 1 aliphatic heterocycles. The van der Waals surface area contributed by atoms with Gasteiger partial charge in [0.1, 0.15) is 0 Å². The Bertz CT molecular complexity index is 214. The highest BCUT2D eigenvalue weighted by Crippen LogP contribution is 2.14. The number of hydrogen-bond donors (Lipinski definition) is 1. The molecule has 1 fully saturated rings. The van der Waals surface area contributed by atoms with Gasteiger partial charge < -0.3 is 14.8 Å². The van der Waals surface area contributed by atoms with Gasteiger partial charge in [0.25, 0.3) is 0 Å². The maximum atomic E-state index is 5.55. The molecule has 19 heavy (non-hydrogen) atoms. The molecule has 114 valence electrons. The molecule has 1 rings (SSSR count). The Balaban J connectivity index is 2.21. The van der Waals surface area contributed by atoms with Gasteiger partial charge in [0, 0.05) is 45.4 Å². The molecule has 0 aromatic heterocycles. The van der Waals surface area contributed by atoms with E-state index >= 15 is 0 Å². The van der Waals surface area contributed by atoms with Gasteiger partial charge in [-0.3, -0.25) is 4.90 Å². The summed E-state index contributed by atoms with van der Waals surface area (Å²) in [5, 5.41) is 3.66. The molecule has 1 heterocycles. The second-order valence-corrected chi connectivity index (χ2v) is 5.41. The van der Waals surface area contributed by atoms with E-state index in [0.29, 0.717) is 25.3 Å². The third-order valence-electron chi connectivity index (χ3n) is 3.89. The maximum absolute atomic E-state index is 5.55. The van der Waals surface area contributed by atoms with Gasteiger partial charge in [-0.1, -0.05) is 20.3 Å². The zero-order valence-electron chi connectivity index (χ0n) is 13.0. The van der Waals surface area contributed by atoms with Crippen LogP contribution < -0.4 is 5.32 Å². The zero-order valence-corrected chi connectivity index (χ0v) is 13.0. The Morgan fingerprint density at radius 2 is 2.05 bits per heavy atom. The van der Waals surface area contributed by atoms with Crippen LogP contribution in [0, 0.1) is 0 Å². The van der Waals surface area contributed by atoms with Gasteiger partial charge in [-0.2, -0.15) is 0 Å². The molecule has 0 bridgehead atoms. The number of nitrogens with one attached hydrogen (secondary N) is 1. The lowest BCUT2D eigenvalue weighted by Gasteiger charge is -2.40. The van der Waals surface area contributed by atoms with Crippen LogP contribution in [0.3, 0.4) is 0 Å². The van der Waals surface area contributed by atoms with Crippen molar-refractivity contribution in [3.8, 4) is 0 Å². The molecule has 1 aliphatic rings. The van der Waals surface area contributed by atoms with E-state index < -0.39 is 0 Å². The quantitative estimate of drug-likeness (QED) is 0.616. The van der Waals surface area contributed by atoms with Crippen LogP contribution in [0.15, 0.2) is 0 Å². The van der Waals surface area contributed by atoms with Crippen molar-refractivity contribution in [2.75, 3.05) is 46.6 Å². The van der Waals surface area contributed by atoms with E-state index in [1.807, 2.05) is 0 Å². The van der Waals surface area contributed by atoms with Gasteiger partial charge in [0.05, 0.1) is 13.2 Å². The van der Waals surface area contributed by atoms with Crippen molar-refractivity contribution in [1.82, 2.24) is 10.2 Å². The first kappa shape index (κ1) is 16.9. The Morgan fingerprint density at radius 3 is 2.74 bits per heavy atom. The Labute approximate surface area is 118 Å². The molecule has 4 nitrogen and oxygen atoms in total. The van der Waals surface area contributed by atoms with Crippen molar-refractivity contribution in [2.45, 2.75) is 51.6 Å². The lowest BCUT2D eigenvalue weighted by Crippen LogP contribution is -2.56. The van der Waals surface area contributed by atoms with Crippen LogP contribution in [-0.4, -0.2) is 63.5 Å². The van der Waals surface area contributed by atoms with Crippen molar-refractivity contribution < 1.29 is 9.47 Å². The standard InChI is InChI=1S/C15H32N2O2/c1-4-7-15-12-16-14(5-2)13-17(15)8-6-9-19-11-10-18-3/h14-16H,4-13H2,1-3H3. The van der Waals surface area contributed by atoms with Crippen molar-refractivity contribution in [3.05, 3.63) is 0 Å². The van der Waals surface area contributed by atoms with E-state index in [-0.39, 0.29) is 0 Å². The third kappa shape index (κ3) is 6.70. The fourth-order valence-corrected chi connectivity index (χ4v) is 2.71. The van der Waals surface area contributed by atoms with Crippen LogP contribution >= 0.6 is 0 Å². The minimum absolute atomic E-state index is 0.669. The molecule has 2 unspecified atom stereocenters. The van der Waals surface area contributed by atoms with Crippen LogP contribution in [0.4, 0.5) is 0 Å². The van der Waals surface area contributed by atoms with Crippen molar-refractivity contribution >= 4 is 0 Å². The number of rotatable bonds is 10. The molecule has 0 aliphatic carbocycles. The van der Waals surface area contributed by atoms with Gasteiger partial charge in [-0.15, -0.1) is 0 Å². The van der Waals surface area contributed by atoms with Gasteiger partial charge in [0.15, 0.2) is 0 Å². The van der Waals surface area contributed by atoms with Crippen LogP contribution in [-0.2, 0) is 9.47 Å². The predicted molar refractivity (Wildman–Crippen MR) is 79.7 cm³/mol. The second kappa shape index (κ2) is 10.6. The summed E-state index contributed by atoms with van der Waals surface area (Å²) in [6.07, 6.45) is 4.91. The lowest BCUT2D eigenvalue weighted by molar-refractivity contribution is 0.0566. The van der Waals surface area contributed by atoms with Crippen LogP contribution in [0.5, 0.6) is 0 Å². The highest BCUT2D eigenvalue weighted by molar-refractivity contribution is 4.85. The first-order valence-electron chi connectivity index (χ1n) is 7.85. The first-order chi connectivity index (χ1) is 9.31. The average molecular weight is 272 g/mol. The molecule has 2 atom stereocenters. The summed E-state index contributed by atoms with van der Waals surface area (Å²) in [6, 6.07) is 1.38. The van der Waals surface area contributed by atoms with Gasteiger partial charge >= 0.3 is 0 Å².